The lowest BCUT2D eigenvalue weighted by Gasteiger charge is -2.30. The molecule has 0 saturated heterocycles. The zero-order chi connectivity index (χ0) is 8.85. The minimum atomic E-state index is 0.404. The molecular formula is C8H23NSi2. The first-order chi connectivity index (χ1) is 5.09. The van der Waals surface area contributed by atoms with Crippen molar-refractivity contribution in [2.75, 3.05) is 6.54 Å². The summed E-state index contributed by atoms with van der Waals surface area (Å²) >= 11 is 0. The van der Waals surface area contributed by atoms with Crippen LogP contribution in [0.25, 0.3) is 0 Å². The van der Waals surface area contributed by atoms with E-state index >= 15 is 0 Å². The van der Waals surface area contributed by atoms with Gasteiger partial charge in [0.15, 0.2) is 0 Å². The van der Waals surface area contributed by atoms with Gasteiger partial charge in [-0.25, -0.2) is 0 Å². The molecule has 0 N–H and O–H groups in total. The van der Waals surface area contributed by atoms with Crippen molar-refractivity contribution in [2.24, 2.45) is 0 Å². The first-order valence-corrected chi connectivity index (χ1v) is 11.5. The SMILES string of the molecule is CC(C)N(CC[SiH2][SiH3])C(C)C. The van der Waals surface area contributed by atoms with Gasteiger partial charge < -0.3 is 0 Å². The Balaban J connectivity index is 3.70. The average molecular weight is 189 g/mol. The van der Waals surface area contributed by atoms with Crippen molar-refractivity contribution in [2.45, 2.75) is 45.8 Å². The van der Waals surface area contributed by atoms with Crippen LogP contribution >= 0.6 is 0 Å². The van der Waals surface area contributed by atoms with Crippen LogP contribution in [0.1, 0.15) is 27.7 Å². The molecule has 0 amide bonds. The summed E-state index contributed by atoms with van der Waals surface area (Å²) in [5.41, 5.74) is 0. The second-order valence-corrected chi connectivity index (χ2v) is 8.49. The molecule has 0 aromatic carbocycles. The lowest BCUT2D eigenvalue weighted by atomic mass is 10.2. The molecule has 0 aliphatic heterocycles. The Labute approximate surface area is 76.6 Å². The van der Waals surface area contributed by atoms with Gasteiger partial charge in [-0.05, 0) is 44.0 Å². The van der Waals surface area contributed by atoms with Crippen LogP contribution in [0.2, 0.25) is 6.04 Å². The first kappa shape index (κ1) is 11.4. The Morgan fingerprint density at radius 1 is 1.18 bits per heavy atom. The normalized spacial score (nSPS) is 13.4. The summed E-state index contributed by atoms with van der Waals surface area (Å²) in [6.07, 6.45) is 0. The van der Waals surface area contributed by atoms with Crippen LogP contribution < -0.4 is 0 Å². The molecule has 0 atom stereocenters. The summed E-state index contributed by atoms with van der Waals surface area (Å²) in [4.78, 5) is 2.60. The van der Waals surface area contributed by atoms with Gasteiger partial charge in [-0.1, -0.05) is 6.04 Å². The Morgan fingerprint density at radius 3 is 1.91 bits per heavy atom. The fraction of sp³-hybridized carbons (Fsp3) is 1.00. The highest BCUT2D eigenvalue weighted by Crippen LogP contribution is 2.04. The van der Waals surface area contributed by atoms with E-state index in [1.165, 1.54) is 22.3 Å². The van der Waals surface area contributed by atoms with E-state index in [-0.39, 0.29) is 0 Å². The van der Waals surface area contributed by atoms with Crippen LogP contribution in [0, 0.1) is 0 Å². The van der Waals surface area contributed by atoms with Gasteiger partial charge in [0.25, 0.3) is 0 Å². The summed E-state index contributed by atoms with van der Waals surface area (Å²) in [5, 5.41) is 0. The number of hydrogen-bond acceptors (Lipinski definition) is 1. The maximum atomic E-state index is 2.60. The highest BCUT2D eigenvalue weighted by molar-refractivity contribution is 6.89. The third-order valence-corrected chi connectivity index (χ3v) is 5.24. The second kappa shape index (κ2) is 5.97. The lowest BCUT2D eigenvalue weighted by Crippen LogP contribution is -2.37. The average Bonchev–Trinajstić information content (AvgIpc) is 1.87. The smallest absolute Gasteiger partial charge is 0.00573 e. The monoisotopic (exact) mass is 189 g/mol. The Morgan fingerprint density at radius 2 is 1.64 bits per heavy atom. The van der Waals surface area contributed by atoms with Crippen molar-refractivity contribution in [3.63, 3.8) is 0 Å². The molecule has 0 rings (SSSR count). The minimum absolute atomic E-state index is 0.404. The quantitative estimate of drug-likeness (QED) is 0.549. The summed E-state index contributed by atoms with van der Waals surface area (Å²) in [6.45, 7) is 10.6. The molecule has 0 spiro atoms. The van der Waals surface area contributed by atoms with Crippen molar-refractivity contribution in [1.82, 2.24) is 4.90 Å². The van der Waals surface area contributed by atoms with E-state index in [1.54, 1.807) is 0 Å². The molecule has 0 fully saturated rings. The van der Waals surface area contributed by atoms with Crippen LogP contribution in [0.15, 0.2) is 0 Å². The molecule has 68 valence electrons. The summed E-state index contributed by atoms with van der Waals surface area (Å²) < 4.78 is 0. The van der Waals surface area contributed by atoms with Crippen molar-refractivity contribution >= 4 is 18.8 Å². The Kier molecular flexibility index (Phi) is 6.18. The molecule has 3 heteroatoms. The molecular weight excluding hydrogens is 166 g/mol. The zero-order valence-corrected chi connectivity index (χ0v) is 12.1. The van der Waals surface area contributed by atoms with Crippen LogP contribution in [0.4, 0.5) is 0 Å². The molecule has 0 aromatic rings. The molecule has 0 aromatic heterocycles. The lowest BCUT2D eigenvalue weighted by molar-refractivity contribution is 0.185. The highest BCUT2D eigenvalue weighted by Gasteiger charge is 2.11. The number of hydrogen-bond donors (Lipinski definition) is 0. The predicted octanol–water partition coefficient (Wildman–Crippen LogP) is -0.0273. The van der Waals surface area contributed by atoms with Gasteiger partial charge in [-0.2, -0.15) is 0 Å². The van der Waals surface area contributed by atoms with E-state index in [2.05, 4.69) is 32.6 Å². The molecule has 0 heterocycles. The molecule has 0 unspecified atom stereocenters. The van der Waals surface area contributed by atoms with E-state index in [9.17, 15) is 0 Å². The van der Waals surface area contributed by atoms with Crippen molar-refractivity contribution in [3.8, 4) is 0 Å². The number of rotatable bonds is 5. The van der Waals surface area contributed by atoms with E-state index in [1.807, 2.05) is 0 Å². The molecule has 0 aliphatic carbocycles. The van der Waals surface area contributed by atoms with Crippen LogP contribution in [0.3, 0.4) is 0 Å². The summed E-state index contributed by atoms with van der Waals surface area (Å²) in [6, 6.07) is 3.00. The van der Waals surface area contributed by atoms with Gasteiger partial charge in [0.1, 0.15) is 0 Å². The van der Waals surface area contributed by atoms with Gasteiger partial charge >= 0.3 is 0 Å². The zero-order valence-electron chi connectivity index (χ0n) is 8.72. The van der Waals surface area contributed by atoms with Crippen LogP contribution in [-0.4, -0.2) is 42.3 Å². The third kappa shape index (κ3) is 4.77. The highest BCUT2D eigenvalue weighted by atomic mass is 29.1. The van der Waals surface area contributed by atoms with E-state index in [0.29, 0.717) is 9.04 Å². The van der Waals surface area contributed by atoms with E-state index in [0.717, 1.165) is 12.1 Å². The van der Waals surface area contributed by atoms with E-state index in [4.69, 9.17) is 0 Å². The van der Waals surface area contributed by atoms with Crippen LogP contribution in [-0.2, 0) is 0 Å². The van der Waals surface area contributed by atoms with Gasteiger partial charge in [-0.3, -0.25) is 4.90 Å². The third-order valence-electron chi connectivity index (χ3n) is 2.10. The predicted molar refractivity (Wildman–Crippen MR) is 60.3 cm³/mol. The fourth-order valence-electron chi connectivity index (χ4n) is 1.45. The largest absolute Gasteiger partial charge is 0.299 e. The van der Waals surface area contributed by atoms with Crippen LogP contribution in [0.5, 0.6) is 0 Å². The Bertz CT molecular complexity index is 86.1. The molecule has 0 aliphatic rings. The molecule has 0 radical (unpaired) electrons. The second-order valence-electron chi connectivity index (χ2n) is 3.78. The van der Waals surface area contributed by atoms with Crippen molar-refractivity contribution < 1.29 is 0 Å². The van der Waals surface area contributed by atoms with Gasteiger partial charge in [-0.15, -0.1) is 0 Å². The van der Waals surface area contributed by atoms with E-state index < -0.39 is 0 Å². The molecule has 11 heavy (non-hydrogen) atoms. The van der Waals surface area contributed by atoms with Gasteiger partial charge in [0.2, 0.25) is 0 Å². The maximum Gasteiger partial charge on any atom is 0.00573 e. The van der Waals surface area contributed by atoms with Crippen molar-refractivity contribution in [1.29, 1.82) is 0 Å². The van der Waals surface area contributed by atoms with Gasteiger partial charge in [0, 0.05) is 21.1 Å². The number of nitrogens with zero attached hydrogens (tertiary/aromatic N) is 1. The molecule has 0 bridgehead atoms. The fourth-order valence-corrected chi connectivity index (χ4v) is 3.08. The topological polar surface area (TPSA) is 3.24 Å². The first-order valence-electron chi connectivity index (χ1n) is 4.85. The maximum absolute atomic E-state index is 2.60. The van der Waals surface area contributed by atoms with Crippen molar-refractivity contribution in [3.05, 3.63) is 0 Å². The Hall–Kier alpha value is 0.394. The standard InChI is InChI=1S/C8H23NSi2/c1-7(2)9(8(3)4)5-6-11-10/h7-8H,5-6,11H2,1-4,10H3. The molecule has 0 saturated carbocycles. The summed E-state index contributed by atoms with van der Waals surface area (Å²) in [7, 11) is 1.90. The van der Waals surface area contributed by atoms with Gasteiger partial charge in [0.05, 0.1) is 0 Å². The molecule has 1 nitrogen and oxygen atoms in total. The summed E-state index contributed by atoms with van der Waals surface area (Å²) in [5.74, 6) is 0. The minimum Gasteiger partial charge on any atom is -0.299 e.